The van der Waals surface area contributed by atoms with Gasteiger partial charge in [0.25, 0.3) is 5.91 Å². The van der Waals surface area contributed by atoms with Crippen LogP contribution < -0.4 is 5.32 Å². The predicted octanol–water partition coefficient (Wildman–Crippen LogP) is 6.84. The van der Waals surface area contributed by atoms with E-state index in [-0.39, 0.29) is 5.91 Å². The molecule has 0 bridgehead atoms. The van der Waals surface area contributed by atoms with Crippen molar-refractivity contribution >= 4 is 28.5 Å². The molecule has 1 aromatic heterocycles. The molecular formula is C29H28N2O3. The molecule has 1 saturated carbocycles. The van der Waals surface area contributed by atoms with Crippen molar-refractivity contribution in [3.05, 3.63) is 90.1 Å². The van der Waals surface area contributed by atoms with E-state index in [4.69, 9.17) is 5.11 Å². The van der Waals surface area contributed by atoms with Crippen LogP contribution >= 0.6 is 0 Å². The van der Waals surface area contributed by atoms with Crippen LogP contribution in [-0.2, 0) is 4.79 Å². The molecule has 5 nitrogen and oxygen atoms in total. The van der Waals surface area contributed by atoms with Gasteiger partial charge in [0.05, 0.1) is 0 Å². The molecule has 0 atom stereocenters. The van der Waals surface area contributed by atoms with Crippen LogP contribution in [-0.4, -0.2) is 22.0 Å². The second-order valence-electron chi connectivity index (χ2n) is 9.24. The van der Waals surface area contributed by atoms with Crippen molar-refractivity contribution in [3.63, 3.8) is 0 Å². The van der Waals surface area contributed by atoms with Gasteiger partial charge in [-0.3, -0.25) is 9.59 Å². The Morgan fingerprint density at radius 2 is 1.56 bits per heavy atom. The Kier molecular flexibility index (Phi) is 6.17. The van der Waals surface area contributed by atoms with Crippen LogP contribution in [0.5, 0.6) is 0 Å². The van der Waals surface area contributed by atoms with Gasteiger partial charge in [-0.15, -0.1) is 0 Å². The summed E-state index contributed by atoms with van der Waals surface area (Å²) in [6, 6.07) is 26.3. The number of carbonyl (C=O) groups is 2. The van der Waals surface area contributed by atoms with E-state index < -0.39 is 5.97 Å². The van der Waals surface area contributed by atoms with E-state index in [0.29, 0.717) is 24.0 Å². The lowest BCUT2D eigenvalue weighted by molar-refractivity contribution is -0.138. The highest BCUT2D eigenvalue weighted by Crippen LogP contribution is 2.37. The first-order valence-corrected chi connectivity index (χ1v) is 11.9. The second kappa shape index (κ2) is 9.56. The van der Waals surface area contributed by atoms with Gasteiger partial charge < -0.3 is 15.4 Å². The number of aliphatic carboxylic acids is 1. The zero-order valence-electron chi connectivity index (χ0n) is 19.0. The number of aromatic amines is 1. The van der Waals surface area contributed by atoms with Gasteiger partial charge in [0.2, 0.25) is 0 Å². The first-order valence-electron chi connectivity index (χ1n) is 11.9. The Labute approximate surface area is 198 Å². The molecule has 1 amide bonds. The molecule has 3 N–H and O–H groups in total. The van der Waals surface area contributed by atoms with E-state index in [1.54, 1.807) is 0 Å². The molecule has 0 radical (unpaired) electrons. The average Bonchev–Trinajstić information content (AvgIpc) is 3.29. The van der Waals surface area contributed by atoms with E-state index in [2.05, 4.69) is 46.7 Å². The largest absolute Gasteiger partial charge is 0.481 e. The number of fused-ring (bicyclic) bond motifs is 1. The van der Waals surface area contributed by atoms with Crippen LogP contribution in [0, 0.1) is 5.92 Å². The van der Waals surface area contributed by atoms with Gasteiger partial charge in [0, 0.05) is 23.0 Å². The molecule has 0 unspecified atom stereocenters. The topological polar surface area (TPSA) is 82.2 Å². The molecule has 1 aliphatic carbocycles. The van der Waals surface area contributed by atoms with Crippen molar-refractivity contribution in [1.29, 1.82) is 0 Å². The fraction of sp³-hybridized carbons (Fsp3) is 0.241. The number of carboxylic acids is 1. The molecule has 0 aliphatic heterocycles. The minimum absolute atomic E-state index is 0.161. The zero-order valence-corrected chi connectivity index (χ0v) is 19.0. The monoisotopic (exact) mass is 452 g/mol. The fourth-order valence-electron chi connectivity index (χ4n) is 5.05. The normalized spacial score (nSPS) is 18.0. The summed E-state index contributed by atoms with van der Waals surface area (Å²) in [5.74, 6) is -0.0137. The van der Waals surface area contributed by atoms with Crippen molar-refractivity contribution in [2.75, 3.05) is 5.32 Å². The summed E-state index contributed by atoms with van der Waals surface area (Å²) < 4.78 is 0. The molecule has 0 spiro atoms. The molecule has 0 saturated heterocycles. The average molecular weight is 453 g/mol. The smallest absolute Gasteiger partial charge is 0.303 e. The minimum atomic E-state index is -0.684. The van der Waals surface area contributed by atoms with Gasteiger partial charge in [-0.05, 0) is 84.5 Å². The maximum Gasteiger partial charge on any atom is 0.303 e. The number of hydrogen-bond donors (Lipinski definition) is 3. The van der Waals surface area contributed by atoms with Crippen LogP contribution in [0.2, 0.25) is 0 Å². The van der Waals surface area contributed by atoms with Crippen molar-refractivity contribution in [2.45, 2.75) is 38.0 Å². The molecule has 5 heteroatoms. The molecule has 172 valence electrons. The number of nitrogens with one attached hydrogen (secondary N) is 2. The molecule has 3 aromatic carbocycles. The van der Waals surface area contributed by atoms with Crippen molar-refractivity contribution < 1.29 is 14.7 Å². The Hall–Kier alpha value is -3.86. The number of hydrogen-bond acceptors (Lipinski definition) is 2. The van der Waals surface area contributed by atoms with Gasteiger partial charge >= 0.3 is 5.97 Å². The third kappa shape index (κ3) is 4.88. The van der Waals surface area contributed by atoms with E-state index >= 15 is 0 Å². The second-order valence-corrected chi connectivity index (χ2v) is 9.24. The van der Waals surface area contributed by atoms with Crippen LogP contribution in [0.3, 0.4) is 0 Å². The summed E-state index contributed by atoms with van der Waals surface area (Å²) in [6.45, 7) is 0. The van der Waals surface area contributed by atoms with E-state index in [0.717, 1.165) is 53.4 Å². The van der Waals surface area contributed by atoms with Crippen LogP contribution in [0.1, 0.15) is 54.1 Å². The zero-order chi connectivity index (χ0) is 23.5. The van der Waals surface area contributed by atoms with Gasteiger partial charge in [0.15, 0.2) is 0 Å². The van der Waals surface area contributed by atoms with Crippen LogP contribution in [0.15, 0.2) is 78.9 Å². The SMILES string of the molecule is O=C(O)CC1CCC(c2ccc(-c3ccc4[nH]c(C(=O)Nc5ccccc5)cc4c3)cc2)CC1. The summed E-state index contributed by atoms with van der Waals surface area (Å²) in [7, 11) is 0. The number of para-hydroxylation sites is 1. The molecule has 1 heterocycles. The summed E-state index contributed by atoms with van der Waals surface area (Å²) in [4.78, 5) is 26.8. The standard InChI is InChI=1S/C29H28N2O3/c32-28(33)16-19-6-8-20(9-7-19)21-10-12-22(13-11-21)23-14-15-26-24(17-23)18-27(31-26)29(34)30-25-4-2-1-3-5-25/h1-5,10-15,17-20,31H,6-9,16H2,(H,30,34)(H,32,33). The third-order valence-electron chi connectivity index (χ3n) is 6.92. The lowest BCUT2D eigenvalue weighted by Crippen LogP contribution is -2.16. The molecule has 34 heavy (non-hydrogen) atoms. The number of H-pyrrole nitrogens is 1. The lowest BCUT2D eigenvalue weighted by Gasteiger charge is -2.28. The molecule has 1 aliphatic rings. The number of amides is 1. The molecule has 1 fully saturated rings. The summed E-state index contributed by atoms with van der Waals surface area (Å²) in [6.07, 6.45) is 4.38. The predicted molar refractivity (Wildman–Crippen MR) is 135 cm³/mol. The first-order chi connectivity index (χ1) is 16.5. The van der Waals surface area contributed by atoms with Gasteiger partial charge in [-0.2, -0.15) is 0 Å². The van der Waals surface area contributed by atoms with Gasteiger partial charge in [-0.1, -0.05) is 48.5 Å². The maximum atomic E-state index is 12.6. The summed E-state index contributed by atoms with van der Waals surface area (Å²) in [5.41, 5.74) is 5.81. The van der Waals surface area contributed by atoms with E-state index in [1.165, 1.54) is 5.56 Å². The highest BCUT2D eigenvalue weighted by atomic mass is 16.4. The number of aromatic nitrogens is 1. The van der Waals surface area contributed by atoms with Crippen LogP contribution in [0.4, 0.5) is 5.69 Å². The Balaban J connectivity index is 1.28. The molecule has 5 rings (SSSR count). The van der Waals surface area contributed by atoms with Crippen molar-refractivity contribution in [3.8, 4) is 11.1 Å². The van der Waals surface area contributed by atoms with Crippen LogP contribution in [0.25, 0.3) is 22.0 Å². The number of benzene rings is 3. The van der Waals surface area contributed by atoms with E-state index in [9.17, 15) is 9.59 Å². The molecule has 4 aromatic rings. The lowest BCUT2D eigenvalue weighted by atomic mass is 9.77. The fourth-order valence-corrected chi connectivity index (χ4v) is 5.05. The van der Waals surface area contributed by atoms with E-state index in [1.807, 2.05) is 42.5 Å². The maximum absolute atomic E-state index is 12.6. The highest BCUT2D eigenvalue weighted by molar-refractivity contribution is 6.06. The quantitative estimate of drug-likeness (QED) is 0.300. The Morgan fingerprint density at radius 1 is 0.853 bits per heavy atom. The number of anilines is 1. The highest BCUT2D eigenvalue weighted by Gasteiger charge is 2.24. The third-order valence-corrected chi connectivity index (χ3v) is 6.92. The minimum Gasteiger partial charge on any atom is -0.481 e. The number of rotatable bonds is 6. The first kappa shape index (κ1) is 22.0. The Bertz CT molecular complexity index is 1300. The molecular weight excluding hydrogens is 424 g/mol. The van der Waals surface area contributed by atoms with Gasteiger partial charge in [0.1, 0.15) is 5.69 Å². The summed E-state index contributed by atoms with van der Waals surface area (Å²) in [5, 5.41) is 12.9. The number of carboxylic acid groups (broad SMARTS) is 1. The summed E-state index contributed by atoms with van der Waals surface area (Å²) >= 11 is 0. The van der Waals surface area contributed by atoms with Crippen molar-refractivity contribution in [2.24, 2.45) is 5.92 Å². The van der Waals surface area contributed by atoms with Gasteiger partial charge in [-0.25, -0.2) is 0 Å². The van der Waals surface area contributed by atoms with Crippen molar-refractivity contribution in [1.82, 2.24) is 4.98 Å². The number of carbonyl (C=O) groups excluding carboxylic acids is 1. The Morgan fingerprint density at radius 3 is 2.26 bits per heavy atom.